The van der Waals surface area contributed by atoms with Crippen molar-refractivity contribution < 1.29 is 102 Å². The zero-order valence-electron chi connectivity index (χ0n) is 37.4. The molecule has 0 saturated carbocycles. The second-order valence-corrected chi connectivity index (χ2v) is 18.3. The van der Waals surface area contributed by atoms with Crippen molar-refractivity contribution in [3.8, 4) is 0 Å². The van der Waals surface area contributed by atoms with Crippen molar-refractivity contribution in [3.05, 3.63) is 0 Å². The number of aliphatic carboxylic acids is 1. The summed E-state index contributed by atoms with van der Waals surface area (Å²) in [5.41, 5.74) is 5.27. The van der Waals surface area contributed by atoms with E-state index in [-0.39, 0.29) is 6.61 Å². The molecule has 0 aliphatic carbocycles. The second kappa shape index (κ2) is 28.4. The Bertz CT molecular complexity index is 1430. The fraction of sp³-hybridized carbons (Fsp3) is 0.927. The van der Waals surface area contributed by atoms with Crippen LogP contribution in [0.5, 0.6) is 0 Å². The van der Waals surface area contributed by atoms with Crippen molar-refractivity contribution in [3.63, 3.8) is 0 Å². The highest BCUT2D eigenvalue weighted by molar-refractivity contribution is 7.47. The van der Waals surface area contributed by atoms with Gasteiger partial charge in [0.25, 0.3) is 0 Å². The van der Waals surface area contributed by atoms with Crippen LogP contribution in [0.3, 0.4) is 0 Å². The number of aliphatic hydroxyl groups excluding tert-OH is 6. The van der Waals surface area contributed by atoms with Gasteiger partial charge in [0.15, 0.2) is 43.0 Å². The predicted octanol–water partition coefficient (Wildman–Crippen LogP) is 1.77. The summed E-state index contributed by atoms with van der Waals surface area (Å²) in [6.45, 7) is 3.61. The van der Waals surface area contributed by atoms with Gasteiger partial charge in [-0.1, -0.05) is 104 Å². The van der Waals surface area contributed by atoms with E-state index in [1.165, 1.54) is 71.6 Å². The lowest BCUT2D eigenvalue weighted by atomic mass is 9.90. The number of ketones is 1. The smallest absolute Gasteiger partial charge is 0.474 e. The molecule has 3 aliphatic rings. The first-order chi connectivity index (χ1) is 30.4. The van der Waals surface area contributed by atoms with Crippen LogP contribution in [0.4, 0.5) is 4.79 Å². The average Bonchev–Trinajstić information content (AvgIpc) is 3.24. The molecule has 22 nitrogen and oxygen atoms in total. The van der Waals surface area contributed by atoms with Gasteiger partial charge in [-0.3, -0.25) is 13.8 Å². The zero-order chi connectivity index (χ0) is 47.6. The molecule has 3 heterocycles. The Balaban J connectivity index is 1.63. The molecule has 0 spiro atoms. The summed E-state index contributed by atoms with van der Waals surface area (Å²) in [5.74, 6) is -4.40. The van der Waals surface area contributed by atoms with Gasteiger partial charge in [-0.15, -0.1) is 0 Å². The Morgan fingerprint density at radius 3 is 1.67 bits per heavy atom. The van der Waals surface area contributed by atoms with Gasteiger partial charge in [0.2, 0.25) is 0 Å². The fourth-order valence-electron chi connectivity index (χ4n) is 7.90. The number of phosphoric acid groups is 1. The zero-order valence-corrected chi connectivity index (χ0v) is 38.3. The quantitative estimate of drug-likeness (QED) is 0.0366. The summed E-state index contributed by atoms with van der Waals surface area (Å²) in [5, 5.41) is 73.0. The van der Waals surface area contributed by atoms with Crippen molar-refractivity contribution >= 4 is 25.7 Å². The lowest BCUT2D eigenvalue weighted by Crippen LogP contribution is -2.65. The molecule has 0 aromatic rings. The Morgan fingerprint density at radius 2 is 1.17 bits per heavy atom. The number of carboxylic acid groups (broad SMARTS) is 1. The average molecular weight is 948 g/mol. The molecule has 0 radical (unpaired) electrons. The van der Waals surface area contributed by atoms with Crippen LogP contribution in [0.15, 0.2) is 0 Å². The first-order valence-electron chi connectivity index (χ1n) is 22.5. The number of carboxylic acids is 1. The lowest BCUT2D eigenvalue weighted by Gasteiger charge is -2.49. The molecule has 64 heavy (non-hydrogen) atoms. The highest BCUT2D eigenvalue weighted by Crippen LogP contribution is 2.48. The van der Waals surface area contributed by atoms with Gasteiger partial charge in [-0.2, -0.15) is 0 Å². The van der Waals surface area contributed by atoms with E-state index in [0.29, 0.717) is 6.42 Å². The van der Waals surface area contributed by atoms with Crippen molar-refractivity contribution in [2.75, 3.05) is 26.4 Å². The number of nitrogens with two attached hydrogens (primary N) is 1. The third-order valence-corrected chi connectivity index (χ3v) is 12.8. The molecule has 17 atom stereocenters. The van der Waals surface area contributed by atoms with E-state index in [4.69, 9.17) is 47.9 Å². The van der Waals surface area contributed by atoms with E-state index in [1.54, 1.807) is 0 Å². The minimum Gasteiger partial charge on any atom is -0.479 e. The molecule has 3 saturated heterocycles. The number of hydrogen-bond donors (Lipinski definition) is 9. The number of carbonyl (C=O) groups excluding carboxylic acids is 2. The fourth-order valence-corrected chi connectivity index (χ4v) is 8.72. The van der Waals surface area contributed by atoms with Gasteiger partial charge < -0.3 is 79.5 Å². The normalized spacial score (nSPS) is 34.8. The Morgan fingerprint density at radius 1 is 0.672 bits per heavy atom. The van der Waals surface area contributed by atoms with Crippen LogP contribution >= 0.6 is 7.82 Å². The minimum atomic E-state index is -5.39. The summed E-state index contributed by atoms with van der Waals surface area (Å²) in [7, 11) is -5.39. The predicted molar refractivity (Wildman–Crippen MR) is 222 cm³/mol. The SMILES string of the molecule is CCCCCCCCCCCCCCCCO[C@H](COP(=O)(O)O[C@H]1OC(C(C)=O)[C@@H](O)[C@H](OC(N)=O)C1O[C@@H]1OC(CO)[C@@H](O[C@@H]2OC(CO)[C@H](O)C(O)[C@@H]2C)C(O)C1C)C(=O)O. The molecule has 0 aromatic carbocycles. The Labute approximate surface area is 374 Å². The van der Waals surface area contributed by atoms with Crippen LogP contribution < -0.4 is 5.73 Å². The van der Waals surface area contributed by atoms with Gasteiger partial charge in [-0.05, 0) is 13.3 Å². The van der Waals surface area contributed by atoms with Crippen molar-refractivity contribution in [2.24, 2.45) is 17.6 Å². The van der Waals surface area contributed by atoms with E-state index >= 15 is 0 Å². The Hall–Kier alpha value is -1.96. The summed E-state index contributed by atoms with van der Waals surface area (Å²) in [6, 6.07) is 0. The van der Waals surface area contributed by atoms with Crippen LogP contribution in [0.2, 0.25) is 0 Å². The van der Waals surface area contributed by atoms with E-state index < -0.39 is 143 Å². The van der Waals surface area contributed by atoms with Crippen LogP contribution in [-0.2, 0) is 56.4 Å². The van der Waals surface area contributed by atoms with E-state index in [0.717, 1.165) is 32.6 Å². The first-order valence-corrected chi connectivity index (χ1v) is 24.0. The molecular weight excluding hydrogens is 873 g/mol. The van der Waals surface area contributed by atoms with E-state index in [2.05, 4.69) is 6.92 Å². The number of rotatable bonds is 30. The van der Waals surface area contributed by atoms with Crippen LogP contribution in [-0.4, -0.2) is 171 Å². The van der Waals surface area contributed by atoms with Gasteiger partial charge in [0.05, 0.1) is 32.0 Å². The van der Waals surface area contributed by atoms with E-state index in [1.807, 2.05) is 0 Å². The maximum atomic E-state index is 13.4. The second-order valence-electron chi connectivity index (χ2n) is 16.9. The lowest BCUT2D eigenvalue weighted by molar-refractivity contribution is -0.367. The summed E-state index contributed by atoms with van der Waals surface area (Å²) in [4.78, 5) is 47.4. The number of Topliss-reactive ketones (excluding diaryl/α,β-unsaturated/α-hetero) is 1. The molecule has 10 N–H and O–H groups in total. The van der Waals surface area contributed by atoms with Crippen LogP contribution in [0.25, 0.3) is 0 Å². The molecule has 3 rings (SSSR count). The standard InChI is InChI=1S/C41H74NO21P/c1-5-6-7-8-9-10-11-12-13-14-15-16-17-18-19-55-28(37(50)51)22-56-64(53,54)63-40-36(35(62-41(42)52)32(49)33(59-40)25(4)45)61-39-24(3)30(47)34(27(21-44)58-39)60-38-23(2)29(46)31(48)26(20-43)57-38/h23-24,26-36,38-40,43-44,46-49H,5-22H2,1-4H3,(H2,42,52)(H,50,51)(H,53,54)/t23-,24?,26?,27?,28+,29?,30?,31-,32+,33?,34+,35-,36?,38-,39-,40+/m0/s1. The number of phosphoric ester groups is 1. The summed E-state index contributed by atoms with van der Waals surface area (Å²) >= 11 is 0. The van der Waals surface area contributed by atoms with Gasteiger partial charge in [0, 0.05) is 18.4 Å². The number of primary amides is 1. The Kier molecular flexibility index (Phi) is 25.0. The molecule has 23 heteroatoms. The number of ether oxygens (including phenoxy) is 7. The molecule has 374 valence electrons. The third kappa shape index (κ3) is 17.3. The molecule has 0 bridgehead atoms. The van der Waals surface area contributed by atoms with Crippen molar-refractivity contribution in [1.82, 2.24) is 0 Å². The molecule has 0 aromatic heterocycles. The first kappa shape index (κ1) is 56.4. The number of unbranched alkanes of at least 4 members (excludes halogenated alkanes) is 13. The number of hydrogen-bond acceptors (Lipinski definition) is 19. The van der Waals surface area contributed by atoms with Gasteiger partial charge >= 0.3 is 19.9 Å². The molecule has 3 fully saturated rings. The van der Waals surface area contributed by atoms with E-state index in [9.17, 15) is 59.6 Å². The minimum absolute atomic E-state index is 0.0219. The molecule has 3 aliphatic heterocycles. The highest BCUT2D eigenvalue weighted by Gasteiger charge is 2.56. The highest BCUT2D eigenvalue weighted by atomic mass is 31.2. The van der Waals surface area contributed by atoms with Gasteiger partial charge in [0.1, 0.15) is 36.6 Å². The van der Waals surface area contributed by atoms with Crippen molar-refractivity contribution in [1.29, 1.82) is 0 Å². The number of carbonyl (C=O) groups is 3. The molecule has 1 amide bonds. The van der Waals surface area contributed by atoms with Gasteiger partial charge in [-0.25, -0.2) is 14.2 Å². The number of amides is 1. The topological polar surface area (TPSA) is 339 Å². The largest absolute Gasteiger partial charge is 0.479 e. The number of aliphatic hydroxyl groups is 6. The summed E-state index contributed by atoms with van der Waals surface area (Å²) < 4.78 is 63.1. The maximum Gasteiger partial charge on any atom is 0.474 e. The molecular formula is C41H74NO21P. The molecule has 8 unspecified atom stereocenters. The van der Waals surface area contributed by atoms with Crippen LogP contribution in [0.1, 0.15) is 118 Å². The van der Waals surface area contributed by atoms with Crippen molar-refractivity contribution in [2.45, 2.75) is 204 Å². The maximum absolute atomic E-state index is 13.4. The summed E-state index contributed by atoms with van der Waals surface area (Å²) in [6.07, 6.45) is -8.96. The monoisotopic (exact) mass is 947 g/mol. The van der Waals surface area contributed by atoms with Crippen LogP contribution in [0, 0.1) is 11.8 Å². The third-order valence-electron chi connectivity index (χ3n) is 11.8.